The molecule has 0 aliphatic heterocycles. The molecule has 1 aromatic carbocycles. The predicted molar refractivity (Wildman–Crippen MR) is 173 cm³/mol. The predicted octanol–water partition coefficient (Wildman–Crippen LogP) is 8.08. The van der Waals surface area contributed by atoms with E-state index in [0.29, 0.717) is 18.8 Å². The van der Waals surface area contributed by atoms with Gasteiger partial charge in [0.2, 0.25) is 0 Å². The summed E-state index contributed by atoms with van der Waals surface area (Å²) in [5.74, 6) is 0.424. The lowest BCUT2D eigenvalue weighted by Crippen LogP contribution is -2.32. The van der Waals surface area contributed by atoms with Crippen molar-refractivity contribution in [3.8, 4) is 5.75 Å². The molecule has 43 heavy (non-hydrogen) atoms. The molecule has 0 radical (unpaired) electrons. The number of aromatic amines is 1. The second kappa shape index (κ2) is 23.2. The number of aromatic nitrogens is 2. The van der Waals surface area contributed by atoms with Crippen molar-refractivity contribution in [1.82, 2.24) is 9.55 Å². The molecule has 0 amide bonds. The number of benzene rings is 1. The van der Waals surface area contributed by atoms with Crippen LogP contribution in [0.25, 0.3) is 0 Å². The van der Waals surface area contributed by atoms with Gasteiger partial charge in [-0.1, -0.05) is 109 Å². The molecule has 2 rings (SSSR count). The molecule has 0 spiro atoms. The van der Waals surface area contributed by atoms with Crippen LogP contribution in [-0.4, -0.2) is 41.8 Å². The first kappa shape index (κ1) is 37.0. The van der Waals surface area contributed by atoms with E-state index in [-0.39, 0.29) is 19.5 Å². The molecule has 244 valence electrons. The van der Waals surface area contributed by atoms with Gasteiger partial charge >= 0.3 is 13.3 Å². The van der Waals surface area contributed by atoms with Crippen LogP contribution >= 0.6 is 7.60 Å². The van der Waals surface area contributed by atoms with Gasteiger partial charge in [0, 0.05) is 25.5 Å². The lowest BCUT2D eigenvalue weighted by Gasteiger charge is -2.22. The Bertz CT molecular complexity index is 1120. The van der Waals surface area contributed by atoms with Crippen LogP contribution in [0, 0.1) is 0 Å². The van der Waals surface area contributed by atoms with Crippen LogP contribution < -0.4 is 15.8 Å². The van der Waals surface area contributed by atoms with E-state index < -0.39 is 24.9 Å². The molecule has 0 fully saturated rings. The molecule has 0 aliphatic rings. The van der Waals surface area contributed by atoms with Crippen LogP contribution in [0.1, 0.15) is 110 Å². The lowest BCUT2D eigenvalue weighted by atomic mass is 10.0. The fraction of sp³-hybridized carbons (Fsp3) is 0.697. The SMILES string of the molecule is CCCCCCCCCCCCCCCCOCCCOP(=O)(COC(C)Cn1ccc(=O)[nH]c1=O)Oc1ccccc1. The first-order chi connectivity index (χ1) is 20.9. The molecule has 0 saturated carbocycles. The zero-order valence-electron chi connectivity index (χ0n) is 26.5. The number of hydrogen-bond acceptors (Lipinski definition) is 7. The van der Waals surface area contributed by atoms with Crippen molar-refractivity contribution in [1.29, 1.82) is 0 Å². The van der Waals surface area contributed by atoms with Crippen molar-refractivity contribution in [2.75, 3.05) is 26.2 Å². The van der Waals surface area contributed by atoms with Gasteiger partial charge in [0.05, 0.1) is 19.3 Å². The van der Waals surface area contributed by atoms with Gasteiger partial charge in [0.25, 0.3) is 5.56 Å². The molecule has 1 N–H and O–H groups in total. The average molecular weight is 623 g/mol. The number of hydrogen-bond donors (Lipinski definition) is 1. The molecule has 0 saturated heterocycles. The zero-order valence-corrected chi connectivity index (χ0v) is 27.4. The maximum absolute atomic E-state index is 13.5. The molecule has 1 aromatic heterocycles. The van der Waals surface area contributed by atoms with E-state index in [1.54, 1.807) is 31.2 Å². The fourth-order valence-electron chi connectivity index (χ4n) is 4.73. The Hall–Kier alpha value is -2.19. The third kappa shape index (κ3) is 18.3. The quantitative estimate of drug-likeness (QED) is 0.0793. The summed E-state index contributed by atoms with van der Waals surface area (Å²) in [6, 6.07) is 10.1. The number of H-pyrrole nitrogens is 1. The number of nitrogens with one attached hydrogen (secondary N) is 1. The van der Waals surface area contributed by atoms with Crippen LogP contribution in [0.3, 0.4) is 0 Å². The Balaban J connectivity index is 1.56. The van der Waals surface area contributed by atoms with Gasteiger partial charge in [-0.25, -0.2) is 9.36 Å². The van der Waals surface area contributed by atoms with Crippen LogP contribution in [0.2, 0.25) is 0 Å². The Labute approximate surface area is 258 Å². The molecular weight excluding hydrogens is 567 g/mol. The second-order valence-electron chi connectivity index (χ2n) is 11.3. The first-order valence-electron chi connectivity index (χ1n) is 16.4. The maximum atomic E-state index is 13.5. The highest BCUT2D eigenvalue weighted by molar-refractivity contribution is 7.54. The van der Waals surface area contributed by atoms with Gasteiger partial charge in [0.15, 0.2) is 6.35 Å². The summed E-state index contributed by atoms with van der Waals surface area (Å²) in [6.07, 6.45) is 19.9. The van der Waals surface area contributed by atoms with E-state index in [4.69, 9.17) is 18.5 Å². The van der Waals surface area contributed by atoms with Gasteiger partial charge in [-0.05, 0) is 31.9 Å². The van der Waals surface area contributed by atoms with Gasteiger partial charge in [0.1, 0.15) is 5.75 Å². The smallest absolute Gasteiger partial charge is 0.404 e. The highest BCUT2D eigenvalue weighted by Crippen LogP contribution is 2.48. The minimum atomic E-state index is -3.64. The average Bonchev–Trinajstić information content (AvgIpc) is 2.99. The first-order valence-corrected chi connectivity index (χ1v) is 18.1. The highest BCUT2D eigenvalue weighted by atomic mass is 31.2. The minimum Gasteiger partial charge on any atom is -0.423 e. The van der Waals surface area contributed by atoms with E-state index in [1.807, 2.05) is 6.07 Å². The van der Waals surface area contributed by atoms with E-state index in [2.05, 4.69) is 11.9 Å². The molecule has 1 heterocycles. The van der Waals surface area contributed by atoms with Crippen molar-refractivity contribution < 1.29 is 23.1 Å². The van der Waals surface area contributed by atoms with Gasteiger partial charge in [-0.15, -0.1) is 0 Å². The van der Waals surface area contributed by atoms with E-state index in [9.17, 15) is 14.2 Å². The number of nitrogens with zero attached hydrogens (tertiary/aromatic N) is 1. The fourth-order valence-corrected chi connectivity index (χ4v) is 6.20. The van der Waals surface area contributed by atoms with Crippen molar-refractivity contribution in [3.63, 3.8) is 0 Å². The Morgan fingerprint density at radius 2 is 1.35 bits per heavy atom. The van der Waals surface area contributed by atoms with E-state index in [0.717, 1.165) is 13.0 Å². The van der Waals surface area contributed by atoms with E-state index in [1.165, 1.54) is 100 Å². The molecule has 2 atom stereocenters. The summed E-state index contributed by atoms with van der Waals surface area (Å²) in [4.78, 5) is 25.4. The summed E-state index contributed by atoms with van der Waals surface area (Å²) in [6.45, 7) is 5.64. The highest BCUT2D eigenvalue weighted by Gasteiger charge is 2.28. The number of ether oxygens (including phenoxy) is 2. The van der Waals surface area contributed by atoms with Gasteiger partial charge in [-0.2, -0.15) is 0 Å². The lowest BCUT2D eigenvalue weighted by molar-refractivity contribution is 0.0685. The molecule has 9 nitrogen and oxygen atoms in total. The summed E-state index contributed by atoms with van der Waals surface area (Å²) in [7, 11) is -3.64. The van der Waals surface area contributed by atoms with Crippen LogP contribution in [0.5, 0.6) is 5.75 Å². The second-order valence-corrected chi connectivity index (χ2v) is 13.2. The van der Waals surface area contributed by atoms with Crippen molar-refractivity contribution in [3.05, 3.63) is 63.4 Å². The Morgan fingerprint density at radius 3 is 1.95 bits per heavy atom. The van der Waals surface area contributed by atoms with Crippen LogP contribution in [0.15, 0.2) is 52.2 Å². The van der Waals surface area contributed by atoms with Crippen LogP contribution in [0.4, 0.5) is 0 Å². The zero-order chi connectivity index (χ0) is 31.0. The molecule has 10 heteroatoms. The van der Waals surface area contributed by atoms with Gasteiger partial charge < -0.3 is 14.0 Å². The number of para-hydroxylation sites is 1. The number of rotatable bonds is 27. The van der Waals surface area contributed by atoms with Crippen molar-refractivity contribution in [2.24, 2.45) is 0 Å². The molecular formula is C33H55N2O7P. The maximum Gasteiger partial charge on any atom is 0.404 e. The standard InChI is InChI=1S/C33H55N2O7P/c1-3-4-5-6-7-8-9-10-11-12-13-14-15-19-25-39-26-20-27-41-43(38,42-31-21-17-16-18-22-31)29-40-30(2)28-35-24-23-32(36)34-33(35)37/h16-18,21-24,30H,3-15,19-20,25-29H2,1-2H3,(H,34,36,37). The van der Waals surface area contributed by atoms with Crippen molar-refractivity contribution >= 4 is 7.60 Å². The number of unbranched alkanes of at least 4 members (excludes halogenated alkanes) is 13. The molecule has 2 aromatic rings. The normalized spacial score (nSPS) is 13.5. The third-order valence-corrected chi connectivity index (χ3v) is 8.75. The molecule has 0 bridgehead atoms. The topological polar surface area (TPSA) is 109 Å². The molecule has 0 aliphatic carbocycles. The van der Waals surface area contributed by atoms with E-state index >= 15 is 0 Å². The summed E-state index contributed by atoms with van der Waals surface area (Å²) in [5, 5.41) is 0. The Morgan fingerprint density at radius 1 is 0.767 bits per heavy atom. The minimum absolute atomic E-state index is 0.175. The summed E-state index contributed by atoms with van der Waals surface area (Å²) < 4.78 is 37.8. The largest absolute Gasteiger partial charge is 0.423 e. The van der Waals surface area contributed by atoms with Crippen LogP contribution in [-0.2, 0) is 25.1 Å². The summed E-state index contributed by atoms with van der Waals surface area (Å²) in [5.41, 5.74) is -0.996. The van der Waals surface area contributed by atoms with Gasteiger partial charge in [-0.3, -0.25) is 18.9 Å². The third-order valence-electron chi connectivity index (χ3n) is 7.22. The monoisotopic (exact) mass is 622 g/mol. The van der Waals surface area contributed by atoms with Crippen molar-refractivity contribution in [2.45, 2.75) is 123 Å². The summed E-state index contributed by atoms with van der Waals surface area (Å²) >= 11 is 0. The molecule has 2 unspecified atom stereocenters. The Kier molecular flexibility index (Phi) is 20.0.